The normalized spacial score (nSPS) is 16.2. The fraction of sp³-hybridized carbons (Fsp3) is 0.333. The van der Waals surface area contributed by atoms with E-state index in [2.05, 4.69) is 15.9 Å². The third-order valence-electron chi connectivity index (χ3n) is 2.01. The molecule has 0 spiro atoms. The van der Waals surface area contributed by atoms with Gasteiger partial charge in [-0.25, -0.2) is 4.39 Å². The fourth-order valence-electron chi connectivity index (χ4n) is 1.04. The van der Waals surface area contributed by atoms with Crippen LogP contribution >= 0.6 is 15.9 Å². The third kappa shape index (κ3) is 2.31. The van der Waals surface area contributed by atoms with Crippen LogP contribution in [0.4, 0.5) is 17.6 Å². The zero-order valence-corrected chi connectivity index (χ0v) is 9.16. The highest BCUT2D eigenvalue weighted by molar-refractivity contribution is 9.10. The topological polar surface area (TPSA) is 20.2 Å². The lowest BCUT2D eigenvalue weighted by Gasteiger charge is -2.27. The van der Waals surface area contributed by atoms with E-state index in [1.165, 1.54) is 6.07 Å². The van der Waals surface area contributed by atoms with Crippen LogP contribution in [0.3, 0.4) is 0 Å². The summed E-state index contributed by atoms with van der Waals surface area (Å²) in [6.45, 7) is 0.513. The molecular weight excluding hydrogens is 280 g/mol. The van der Waals surface area contributed by atoms with Crippen LogP contribution in [-0.2, 0) is 5.60 Å². The standard InChI is InChI=1S/C9H7BrF4O/c1-8(15,9(12,13)14)6-3-2-5(10)4-7(6)11/h2-4,15H,1H3/t8-/m0/s1. The smallest absolute Gasteiger partial charge is 0.376 e. The van der Waals surface area contributed by atoms with E-state index in [1.807, 2.05) is 0 Å². The van der Waals surface area contributed by atoms with Crippen molar-refractivity contribution in [1.29, 1.82) is 0 Å². The summed E-state index contributed by atoms with van der Waals surface area (Å²) in [6, 6.07) is 3.00. The van der Waals surface area contributed by atoms with Crippen molar-refractivity contribution < 1.29 is 22.7 Å². The van der Waals surface area contributed by atoms with Crippen LogP contribution in [0.25, 0.3) is 0 Å². The molecular formula is C9H7BrF4O. The van der Waals surface area contributed by atoms with Crippen molar-refractivity contribution in [1.82, 2.24) is 0 Å². The number of hydrogen-bond acceptors (Lipinski definition) is 1. The molecule has 15 heavy (non-hydrogen) atoms. The Kier molecular flexibility index (Phi) is 3.11. The second kappa shape index (κ2) is 3.75. The molecule has 0 saturated carbocycles. The van der Waals surface area contributed by atoms with Crippen molar-refractivity contribution in [2.24, 2.45) is 0 Å². The molecule has 0 aliphatic rings. The largest absolute Gasteiger partial charge is 0.421 e. The van der Waals surface area contributed by atoms with E-state index in [9.17, 15) is 22.7 Å². The van der Waals surface area contributed by atoms with Crippen LogP contribution in [0.5, 0.6) is 0 Å². The van der Waals surface area contributed by atoms with E-state index in [0.29, 0.717) is 11.4 Å². The molecule has 0 aliphatic heterocycles. The zero-order valence-electron chi connectivity index (χ0n) is 7.57. The molecule has 0 aliphatic carbocycles. The minimum absolute atomic E-state index is 0.307. The molecule has 1 atom stereocenters. The molecule has 0 aromatic heterocycles. The molecule has 0 bridgehead atoms. The summed E-state index contributed by atoms with van der Waals surface area (Å²) in [5.41, 5.74) is -3.98. The molecule has 0 unspecified atom stereocenters. The van der Waals surface area contributed by atoms with E-state index < -0.39 is 23.2 Å². The average Bonchev–Trinajstić information content (AvgIpc) is 2.00. The molecule has 84 valence electrons. The molecule has 1 aromatic rings. The maximum absolute atomic E-state index is 13.2. The SMILES string of the molecule is C[C@](O)(c1ccc(Br)cc1F)C(F)(F)F. The number of rotatable bonds is 1. The Balaban J connectivity index is 3.28. The van der Waals surface area contributed by atoms with Crippen molar-refractivity contribution in [3.05, 3.63) is 34.1 Å². The van der Waals surface area contributed by atoms with Gasteiger partial charge < -0.3 is 5.11 Å². The first-order valence-corrected chi connectivity index (χ1v) is 4.70. The molecule has 0 fully saturated rings. The second-order valence-corrected chi connectivity index (χ2v) is 4.11. The first-order valence-electron chi connectivity index (χ1n) is 3.91. The quantitative estimate of drug-likeness (QED) is 0.785. The van der Waals surface area contributed by atoms with Crippen LogP contribution in [0.15, 0.2) is 22.7 Å². The molecule has 6 heteroatoms. The first kappa shape index (κ1) is 12.4. The van der Waals surface area contributed by atoms with Gasteiger partial charge in [0.2, 0.25) is 0 Å². The van der Waals surface area contributed by atoms with Gasteiger partial charge >= 0.3 is 6.18 Å². The van der Waals surface area contributed by atoms with Gasteiger partial charge in [-0.1, -0.05) is 22.0 Å². The summed E-state index contributed by atoms with van der Waals surface area (Å²) in [6.07, 6.45) is -4.92. The van der Waals surface area contributed by atoms with E-state index in [0.717, 1.165) is 12.1 Å². The number of alkyl halides is 3. The summed E-state index contributed by atoms with van der Waals surface area (Å²) >= 11 is 2.91. The van der Waals surface area contributed by atoms with Crippen molar-refractivity contribution in [3.8, 4) is 0 Å². The Morgan fingerprint density at radius 2 is 1.80 bits per heavy atom. The van der Waals surface area contributed by atoms with Gasteiger partial charge in [-0.2, -0.15) is 13.2 Å². The molecule has 1 rings (SSSR count). The van der Waals surface area contributed by atoms with Crippen LogP contribution in [-0.4, -0.2) is 11.3 Å². The van der Waals surface area contributed by atoms with E-state index in [4.69, 9.17) is 0 Å². The predicted octanol–water partition coefficient (Wildman–Crippen LogP) is 3.36. The highest BCUT2D eigenvalue weighted by atomic mass is 79.9. The molecule has 0 amide bonds. The predicted molar refractivity (Wildman–Crippen MR) is 49.7 cm³/mol. The van der Waals surface area contributed by atoms with E-state index in [1.54, 1.807) is 0 Å². The number of hydrogen-bond donors (Lipinski definition) is 1. The lowest BCUT2D eigenvalue weighted by Crippen LogP contribution is -2.39. The van der Waals surface area contributed by atoms with E-state index >= 15 is 0 Å². The van der Waals surface area contributed by atoms with Crippen LogP contribution < -0.4 is 0 Å². The molecule has 1 aromatic carbocycles. The average molecular weight is 287 g/mol. The maximum atomic E-state index is 13.2. The van der Waals surface area contributed by atoms with Crippen LogP contribution in [0.2, 0.25) is 0 Å². The Hall–Kier alpha value is -0.620. The maximum Gasteiger partial charge on any atom is 0.421 e. The van der Waals surface area contributed by atoms with Crippen LogP contribution in [0, 0.1) is 5.82 Å². The molecule has 1 N–H and O–H groups in total. The highest BCUT2D eigenvalue weighted by Crippen LogP contribution is 2.39. The van der Waals surface area contributed by atoms with Gasteiger partial charge in [-0.05, 0) is 19.1 Å². The fourth-order valence-corrected chi connectivity index (χ4v) is 1.37. The lowest BCUT2D eigenvalue weighted by molar-refractivity contribution is -0.259. The van der Waals surface area contributed by atoms with Crippen molar-refractivity contribution in [2.75, 3.05) is 0 Å². The lowest BCUT2D eigenvalue weighted by atomic mass is 9.95. The number of benzene rings is 1. The van der Waals surface area contributed by atoms with Gasteiger partial charge in [0.15, 0.2) is 5.60 Å². The van der Waals surface area contributed by atoms with E-state index in [-0.39, 0.29) is 0 Å². The summed E-state index contributed by atoms with van der Waals surface area (Å²) < 4.78 is 50.6. The van der Waals surface area contributed by atoms with Gasteiger partial charge in [0.1, 0.15) is 5.82 Å². The number of halogens is 5. The summed E-state index contributed by atoms with van der Waals surface area (Å²) in [5, 5.41) is 9.21. The van der Waals surface area contributed by atoms with Crippen molar-refractivity contribution in [2.45, 2.75) is 18.7 Å². The minimum Gasteiger partial charge on any atom is -0.376 e. The van der Waals surface area contributed by atoms with Crippen LogP contribution in [0.1, 0.15) is 12.5 Å². The minimum atomic E-state index is -4.92. The Labute approximate surface area is 91.9 Å². The molecule has 1 nitrogen and oxygen atoms in total. The summed E-state index contributed by atoms with van der Waals surface area (Å²) in [5.74, 6) is -1.10. The highest BCUT2D eigenvalue weighted by Gasteiger charge is 2.52. The molecule has 0 radical (unpaired) electrons. The van der Waals surface area contributed by atoms with Gasteiger partial charge in [-0.15, -0.1) is 0 Å². The van der Waals surface area contributed by atoms with Crippen molar-refractivity contribution >= 4 is 15.9 Å². The Morgan fingerprint density at radius 1 is 1.27 bits per heavy atom. The Morgan fingerprint density at radius 3 is 2.20 bits per heavy atom. The van der Waals surface area contributed by atoms with Gasteiger partial charge in [0.25, 0.3) is 0 Å². The van der Waals surface area contributed by atoms with Gasteiger partial charge in [0, 0.05) is 10.0 Å². The monoisotopic (exact) mass is 286 g/mol. The summed E-state index contributed by atoms with van der Waals surface area (Å²) in [4.78, 5) is 0. The summed E-state index contributed by atoms with van der Waals surface area (Å²) in [7, 11) is 0. The molecule has 0 saturated heterocycles. The Bertz CT molecular complexity index is 373. The third-order valence-corrected chi connectivity index (χ3v) is 2.50. The van der Waals surface area contributed by atoms with Crippen molar-refractivity contribution in [3.63, 3.8) is 0 Å². The zero-order chi connectivity index (χ0) is 11.9. The first-order chi connectivity index (χ1) is 6.66. The van der Waals surface area contributed by atoms with Gasteiger partial charge in [-0.3, -0.25) is 0 Å². The van der Waals surface area contributed by atoms with Gasteiger partial charge in [0.05, 0.1) is 0 Å². The second-order valence-electron chi connectivity index (χ2n) is 3.19. The molecule has 0 heterocycles. The number of aliphatic hydroxyl groups is 1.